The number of aliphatic imine (C=N–C) groups is 1. The van der Waals surface area contributed by atoms with Gasteiger partial charge in [0.05, 0.1) is 0 Å². The maximum atomic E-state index is 4.38. The average molecular weight is 299 g/mol. The van der Waals surface area contributed by atoms with Crippen LogP contribution in [0.1, 0.15) is 33.6 Å². The van der Waals surface area contributed by atoms with Crippen LogP contribution in [0, 0.1) is 5.92 Å². The Labute approximate surface area is 128 Å². The van der Waals surface area contributed by atoms with Crippen molar-refractivity contribution in [1.82, 2.24) is 15.5 Å². The fourth-order valence-electron chi connectivity index (χ4n) is 2.67. The topological polar surface area (TPSA) is 39.7 Å². The van der Waals surface area contributed by atoms with Gasteiger partial charge in [-0.3, -0.25) is 9.89 Å². The van der Waals surface area contributed by atoms with Crippen molar-refractivity contribution >= 4 is 17.7 Å². The smallest absolute Gasteiger partial charge is 0.191 e. The molecule has 1 aliphatic heterocycles. The van der Waals surface area contributed by atoms with Crippen molar-refractivity contribution in [3.05, 3.63) is 0 Å². The van der Waals surface area contributed by atoms with E-state index in [1.807, 2.05) is 18.8 Å². The Balaban J connectivity index is 1.81. The Morgan fingerprint density at radius 1 is 1.35 bits per heavy atom. The molecular weight excluding hydrogens is 268 g/mol. The third-order valence-electron chi connectivity index (χ3n) is 4.48. The number of guanidine groups is 1. The number of hydrogen-bond donors (Lipinski definition) is 2. The largest absolute Gasteiger partial charge is 0.355 e. The molecule has 116 valence electrons. The molecule has 2 atom stereocenters. The first-order valence-corrected chi connectivity index (χ1v) is 8.94. The molecule has 2 unspecified atom stereocenters. The van der Waals surface area contributed by atoms with Gasteiger partial charge in [0.15, 0.2) is 5.96 Å². The molecule has 1 heterocycles. The van der Waals surface area contributed by atoms with E-state index < -0.39 is 0 Å². The Morgan fingerprint density at radius 2 is 2.05 bits per heavy atom. The first-order valence-electron chi connectivity index (χ1n) is 7.71. The lowest BCUT2D eigenvalue weighted by atomic mass is 10.1. The second kappa shape index (κ2) is 6.56. The molecule has 1 saturated heterocycles. The fraction of sp³-hybridized carbons (Fsp3) is 0.933. The normalized spacial score (nSPS) is 28.8. The summed E-state index contributed by atoms with van der Waals surface area (Å²) in [6.45, 7) is 10.2. The number of hydrogen-bond acceptors (Lipinski definition) is 3. The molecule has 2 N–H and O–H groups in total. The summed E-state index contributed by atoms with van der Waals surface area (Å²) in [5.41, 5.74) is 0. The Morgan fingerprint density at radius 3 is 2.60 bits per heavy atom. The minimum absolute atomic E-state index is 0.235. The summed E-state index contributed by atoms with van der Waals surface area (Å²) in [5.74, 6) is 1.64. The van der Waals surface area contributed by atoms with E-state index in [9.17, 15) is 0 Å². The van der Waals surface area contributed by atoms with Gasteiger partial charge in [0, 0.05) is 43.5 Å². The van der Waals surface area contributed by atoms with Crippen LogP contribution in [0.2, 0.25) is 0 Å². The van der Waals surface area contributed by atoms with Gasteiger partial charge in [0.1, 0.15) is 0 Å². The van der Waals surface area contributed by atoms with E-state index in [0.717, 1.165) is 18.5 Å². The van der Waals surface area contributed by atoms with Crippen LogP contribution in [0.25, 0.3) is 0 Å². The minimum Gasteiger partial charge on any atom is -0.355 e. The molecule has 2 rings (SSSR count). The molecule has 0 aromatic rings. The number of thioether (sulfide) groups is 1. The third-order valence-corrected chi connectivity index (χ3v) is 5.73. The van der Waals surface area contributed by atoms with Gasteiger partial charge in [-0.25, -0.2) is 0 Å². The molecule has 0 radical (unpaired) electrons. The molecule has 0 aromatic carbocycles. The monoisotopic (exact) mass is 298 g/mol. The fourth-order valence-corrected chi connectivity index (χ4v) is 2.89. The van der Waals surface area contributed by atoms with Gasteiger partial charge in [-0.2, -0.15) is 11.8 Å². The van der Waals surface area contributed by atoms with E-state index in [-0.39, 0.29) is 4.75 Å². The van der Waals surface area contributed by atoms with Gasteiger partial charge in [0.2, 0.25) is 0 Å². The summed E-state index contributed by atoms with van der Waals surface area (Å²) in [6.07, 6.45) is 4.95. The van der Waals surface area contributed by atoms with E-state index in [1.54, 1.807) is 0 Å². The molecule has 0 bridgehead atoms. The first kappa shape index (κ1) is 16.0. The Hall–Kier alpha value is -0.420. The summed E-state index contributed by atoms with van der Waals surface area (Å²) in [6, 6.07) is 1.40. The molecular formula is C15H30N4S. The zero-order chi connectivity index (χ0) is 14.8. The highest BCUT2D eigenvalue weighted by atomic mass is 32.2. The van der Waals surface area contributed by atoms with Crippen LogP contribution in [0.4, 0.5) is 0 Å². The standard InChI is InChI=1S/C15H30N4S/c1-11-8-19(12-6-7-12)9-13(11)18-14(16-4)17-10-15(2,3)20-5/h11-13H,6-10H2,1-5H3,(H2,16,17,18). The Bertz CT molecular complexity index is 352. The molecule has 0 aromatic heterocycles. The highest BCUT2D eigenvalue weighted by Crippen LogP contribution is 2.31. The van der Waals surface area contributed by atoms with Crippen molar-refractivity contribution in [2.75, 3.05) is 32.9 Å². The molecule has 1 saturated carbocycles. The average Bonchev–Trinajstić information content (AvgIpc) is 3.20. The maximum absolute atomic E-state index is 4.38. The number of rotatable bonds is 5. The van der Waals surface area contributed by atoms with Crippen LogP contribution in [0.15, 0.2) is 4.99 Å². The maximum Gasteiger partial charge on any atom is 0.191 e. The van der Waals surface area contributed by atoms with Gasteiger partial charge >= 0.3 is 0 Å². The van der Waals surface area contributed by atoms with Crippen LogP contribution in [-0.2, 0) is 0 Å². The number of nitrogens with zero attached hydrogens (tertiary/aromatic N) is 2. The molecule has 4 nitrogen and oxygen atoms in total. The molecule has 0 amide bonds. The predicted octanol–water partition coefficient (Wildman–Crippen LogP) is 1.78. The molecule has 5 heteroatoms. The van der Waals surface area contributed by atoms with Crippen molar-refractivity contribution in [2.45, 2.75) is 50.4 Å². The van der Waals surface area contributed by atoms with Crippen LogP contribution in [0.5, 0.6) is 0 Å². The van der Waals surface area contributed by atoms with Crippen molar-refractivity contribution in [2.24, 2.45) is 10.9 Å². The van der Waals surface area contributed by atoms with Crippen molar-refractivity contribution < 1.29 is 0 Å². The summed E-state index contributed by atoms with van der Waals surface area (Å²) in [5, 5.41) is 7.08. The van der Waals surface area contributed by atoms with Crippen LogP contribution >= 0.6 is 11.8 Å². The Kier molecular flexibility index (Phi) is 5.24. The molecule has 2 fully saturated rings. The lowest BCUT2D eigenvalue weighted by Gasteiger charge is -2.26. The zero-order valence-electron chi connectivity index (χ0n) is 13.6. The lowest BCUT2D eigenvalue weighted by Crippen LogP contribution is -2.49. The summed E-state index contributed by atoms with van der Waals surface area (Å²) in [4.78, 5) is 7.02. The van der Waals surface area contributed by atoms with E-state index in [1.165, 1.54) is 25.9 Å². The van der Waals surface area contributed by atoms with Gasteiger partial charge in [-0.15, -0.1) is 0 Å². The van der Waals surface area contributed by atoms with E-state index in [2.05, 4.69) is 47.6 Å². The van der Waals surface area contributed by atoms with Gasteiger partial charge in [0.25, 0.3) is 0 Å². The predicted molar refractivity (Wildman–Crippen MR) is 89.6 cm³/mol. The molecule has 20 heavy (non-hydrogen) atoms. The van der Waals surface area contributed by atoms with Gasteiger partial charge in [-0.05, 0) is 38.9 Å². The number of likely N-dealkylation sites (tertiary alicyclic amines) is 1. The van der Waals surface area contributed by atoms with Crippen molar-refractivity contribution in [3.63, 3.8) is 0 Å². The van der Waals surface area contributed by atoms with Gasteiger partial charge in [-0.1, -0.05) is 6.92 Å². The lowest BCUT2D eigenvalue weighted by molar-refractivity contribution is 0.315. The van der Waals surface area contributed by atoms with E-state index >= 15 is 0 Å². The van der Waals surface area contributed by atoms with Crippen LogP contribution in [0.3, 0.4) is 0 Å². The highest BCUT2D eigenvalue weighted by molar-refractivity contribution is 7.99. The highest BCUT2D eigenvalue weighted by Gasteiger charge is 2.38. The van der Waals surface area contributed by atoms with Crippen molar-refractivity contribution in [3.8, 4) is 0 Å². The second-order valence-electron chi connectivity index (χ2n) is 6.80. The minimum atomic E-state index is 0.235. The van der Waals surface area contributed by atoms with Crippen LogP contribution in [-0.4, -0.2) is 60.6 Å². The third kappa shape index (κ3) is 4.29. The summed E-state index contributed by atoms with van der Waals surface area (Å²) >= 11 is 1.88. The molecule has 2 aliphatic rings. The van der Waals surface area contributed by atoms with Gasteiger partial charge < -0.3 is 10.6 Å². The van der Waals surface area contributed by atoms with E-state index in [4.69, 9.17) is 0 Å². The van der Waals surface area contributed by atoms with Crippen LogP contribution < -0.4 is 10.6 Å². The summed E-state index contributed by atoms with van der Waals surface area (Å²) < 4.78 is 0.235. The van der Waals surface area contributed by atoms with Crippen molar-refractivity contribution in [1.29, 1.82) is 0 Å². The SMILES string of the molecule is CN=C(NCC(C)(C)SC)NC1CN(C2CC2)CC1C. The number of nitrogens with one attached hydrogen (secondary N) is 2. The summed E-state index contributed by atoms with van der Waals surface area (Å²) in [7, 11) is 1.86. The molecule has 0 spiro atoms. The molecule has 1 aliphatic carbocycles. The second-order valence-corrected chi connectivity index (χ2v) is 8.32. The van der Waals surface area contributed by atoms with E-state index in [0.29, 0.717) is 12.0 Å². The first-order chi connectivity index (χ1) is 9.45. The zero-order valence-corrected chi connectivity index (χ0v) is 14.4. The quantitative estimate of drug-likeness (QED) is 0.599.